The van der Waals surface area contributed by atoms with E-state index >= 15 is 0 Å². The number of aromatic nitrogens is 4. The molecule has 0 saturated carbocycles. The van der Waals surface area contributed by atoms with Crippen molar-refractivity contribution in [3.05, 3.63) is 16.8 Å². The lowest BCUT2D eigenvalue weighted by molar-refractivity contribution is 0.585. The molecule has 3 heterocycles. The van der Waals surface area contributed by atoms with Crippen molar-refractivity contribution in [1.29, 1.82) is 0 Å². The maximum atomic E-state index is 12.0. The Hall–Kier alpha value is -2.33. The molecular weight excluding hydrogens is 256 g/mol. The van der Waals surface area contributed by atoms with Crippen molar-refractivity contribution >= 4 is 17.0 Å². The van der Waals surface area contributed by atoms with E-state index in [1.807, 2.05) is 0 Å². The number of hydrogen-bond donors (Lipinski definition) is 2. The van der Waals surface area contributed by atoms with Crippen molar-refractivity contribution < 1.29 is 0 Å². The van der Waals surface area contributed by atoms with Crippen molar-refractivity contribution in [2.24, 2.45) is 0 Å². The molecule has 0 amide bonds. The topological polar surface area (TPSA) is 78.8 Å². The summed E-state index contributed by atoms with van der Waals surface area (Å²) in [6.45, 7) is 5.66. The number of hydrogen-bond acceptors (Lipinski definition) is 5. The summed E-state index contributed by atoms with van der Waals surface area (Å²) in [4.78, 5) is 25.5. The fourth-order valence-electron chi connectivity index (χ4n) is 2.40. The van der Waals surface area contributed by atoms with Crippen LogP contribution in [-0.2, 0) is 6.54 Å². The van der Waals surface area contributed by atoms with Gasteiger partial charge in [-0.2, -0.15) is 0 Å². The highest BCUT2D eigenvalue weighted by Crippen LogP contribution is 2.20. The summed E-state index contributed by atoms with van der Waals surface area (Å²) in [6, 6.07) is 0. The van der Waals surface area contributed by atoms with E-state index in [1.54, 1.807) is 11.5 Å². The lowest BCUT2D eigenvalue weighted by Gasteiger charge is -2.28. The molecule has 0 spiro atoms. The first-order chi connectivity index (χ1) is 9.81. The van der Waals surface area contributed by atoms with Crippen molar-refractivity contribution in [2.45, 2.75) is 13.5 Å². The number of aromatic amines is 1. The minimum Gasteiger partial charge on any atom is -0.352 e. The highest BCUT2D eigenvalue weighted by atomic mass is 16.1. The number of piperazine rings is 1. The van der Waals surface area contributed by atoms with Crippen molar-refractivity contribution in [3.8, 4) is 11.8 Å². The van der Waals surface area contributed by atoms with E-state index in [-0.39, 0.29) is 5.69 Å². The van der Waals surface area contributed by atoms with Gasteiger partial charge in [-0.15, -0.1) is 5.92 Å². The Morgan fingerprint density at radius 2 is 2.15 bits per heavy atom. The minimum absolute atomic E-state index is 0.195. The maximum absolute atomic E-state index is 12.0. The molecule has 20 heavy (non-hydrogen) atoms. The monoisotopic (exact) mass is 272 g/mol. The van der Waals surface area contributed by atoms with Crippen LogP contribution in [0.3, 0.4) is 0 Å². The molecule has 0 bridgehead atoms. The lowest BCUT2D eigenvalue weighted by atomic mass is 10.3. The van der Waals surface area contributed by atoms with E-state index in [1.165, 1.54) is 6.33 Å². The van der Waals surface area contributed by atoms with Crippen molar-refractivity contribution in [3.63, 3.8) is 0 Å². The molecule has 104 valence electrons. The third-order valence-electron chi connectivity index (χ3n) is 3.37. The molecule has 7 nitrogen and oxygen atoms in total. The summed E-state index contributed by atoms with van der Waals surface area (Å²) in [5.74, 6) is 6.53. The van der Waals surface area contributed by atoms with Crippen LogP contribution in [0.5, 0.6) is 0 Å². The first kappa shape index (κ1) is 12.7. The van der Waals surface area contributed by atoms with E-state index in [0.29, 0.717) is 12.2 Å². The van der Waals surface area contributed by atoms with Gasteiger partial charge < -0.3 is 10.2 Å². The minimum atomic E-state index is -0.195. The second-order valence-corrected chi connectivity index (χ2v) is 4.57. The first-order valence-electron chi connectivity index (χ1n) is 6.60. The van der Waals surface area contributed by atoms with Gasteiger partial charge in [0, 0.05) is 26.2 Å². The smallest absolute Gasteiger partial charge is 0.328 e. The Bertz CT molecular complexity index is 729. The Morgan fingerprint density at radius 3 is 2.90 bits per heavy atom. The van der Waals surface area contributed by atoms with Gasteiger partial charge in [0.2, 0.25) is 0 Å². The van der Waals surface area contributed by atoms with Crippen molar-refractivity contribution in [1.82, 2.24) is 24.8 Å². The molecular formula is C13H16N6O. The average molecular weight is 272 g/mol. The van der Waals surface area contributed by atoms with Crippen LogP contribution in [0.2, 0.25) is 0 Å². The van der Waals surface area contributed by atoms with Gasteiger partial charge in [0.1, 0.15) is 11.8 Å². The molecule has 0 aromatic carbocycles. The predicted octanol–water partition coefficient (Wildman–Crippen LogP) is -0.447. The van der Waals surface area contributed by atoms with E-state index in [0.717, 1.165) is 37.5 Å². The fourth-order valence-corrected chi connectivity index (χ4v) is 2.40. The summed E-state index contributed by atoms with van der Waals surface area (Å²) >= 11 is 0. The summed E-state index contributed by atoms with van der Waals surface area (Å²) in [7, 11) is 0. The molecule has 3 rings (SSSR count). The normalized spacial score (nSPS) is 15.2. The molecule has 2 aromatic heterocycles. The summed E-state index contributed by atoms with van der Waals surface area (Å²) < 4.78 is 1.60. The molecule has 1 fully saturated rings. The third kappa shape index (κ3) is 2.14. The van der Waals surface area contributed by atoms with Crippen LogP contribution in [-0.4, -0.2) is 45.7 Å². The largest absolute Gasteiger partial charge is 0.352 e. The molecule has 0 unspecified atom stereocenters. The Labute approximate surface area is 116 Å². The Kier molecular flexibility index (Phi) is 3.39. The van der Waals surface area contributed by atoms with Gasteiger partial charge >= 0.3 is 5.69 Å². The number of H-pyrrole nitrogens is 1. The Morgan fingerprint density at radius 1 is 1.35 bits per heavy atom. The second-order valence-electron chi connectivity index (χ2n) is 4.57. The maximum Gasteiger partial charge on any atom is 0.328 e. The predicted molar refractivity (Wildman–Crippen MR) is 76.7 cm³/mol. The van der Waals surface area contributed by atoms with Crippen LogP contribution in [0.1, 0.15) is 6.92 Å². The fraction of sp³-hybridized carbons (Fsp3) is 0.462. The summed E-state index contributed by atoms with van der Waals surface area (Å²) in [5, 5.41) is 3.30. The highest BCUT2D eigenvalue weighted by molar-refractivity contribution is 5.83. The zero-order valence-electron chi connectivity index (χ0n) is 11.3. The lowest BCUT2D eigenvalue weighted by Crippen LogP contribution is -2.44. The van der Waals surface area contributed by atoms with E-state index in [2.05, 4.69) is 37.0 Å². The van der Waals surface area contributed by atoms with E-state index < -0.39 is 0 Å². The second kappa shape index (κ2) is 5.35. The quantitative estimate of drug-likeness (QED) is 0.724. The van der Waals surface area contributed by atoms with Crippen LogP contribution in [0.25, 0.3) is 11.2 Å². The highest BCUT2D eigenvalue weighted by Gasteiger charge is 2.19. The van der Waals surface area contributed by atoms with Crippen LogP contribution in [0, 0.1) is 11.8 Å². The van der Waals surface area contributed by atoms with Gasteiger partial charge in [-0.25, -0.2) is 14.8 Å². The number of rotatable bonds is 2. The number of imidazole rings is 1. The van der Waals surface area contributed by atoms with Gasteiger partial charge in [-0.1, -0.05) is 5.92 Å². The SMILES string of the molecule is CC#CCn1c(=O)[nH]c2ncnc(N3CCNCC3)c21. The van der Waals surface area contributed by atoms with Crippen LogP contribution < -0.4 is 15.9 Å². The molecule has 2 N–H and O–H groups in total. The molecule has 1 aliphatic heterocycles. The van der Waals surface area contributed by atoms with Gasteiger partial charge in [0.25, 0.3) is 0 Å². The molecule has 0 aliphatic carbocycles. The molecule has 0 radical (unpaired) electrons. The average Bonchev–Trinajstić information content (AvgIpc) is 2.81. The van der Waals surface area contributed by atoms with Crippen LogP contribution in [0.15, 0.2) is 11.1 Å². The zero-order chi connectivity index (χ0) is 13.9. The van der Waals surface area contributed by atoms with Gasteiger partial charge in [0.05, 0.1) is 6.54 Å². The standard InChI is InChI=1S/C13H16N6O/c1-2-3-6-19-10-11(17-13(19)20)15-9-16-12(10)18-7-4-14-5-8-18/h9,14H,4-8H2,1H3,(H,15,16,17,20). The molecule has 0 atom stereocenters. The first-order valence-corrected chi connectivity index (χ1v) is 6.60. The number of nitrogens with one attached hydrogen (secondary N) is 2. The third-order valence-corrected chi connectivity index (χ3v) is 3.37. The summed E-state index contributed by atoms with van der Waals surface area (Å²) in [5.41, 5.74) is 1.11. The van der Waals surface area contributed by atoms with Gasteiger partial charge in [0.15, 0.2) is 11.5 Å². The Balaban J connectivity index is 2.15. The van der Waals surface area contributed by atoms with E-state index in [4.69, 9.17) is 0 Å². The molecule has 7 heteroatoms. The van der Waals surface area contributed by atoms with E-state index in [9.17, 15) is 4.79 Å². The van der Waals surface area contributed by atoms with Crippen molar-refractivity contribution in [2.75, 3.05) is 31.1 Å². The zero-order valence-corrected chi connectivity index (χ0v) is 11.3. The molecule has 1 aliphatic rings. The van der Waals surface area contributed by atoms with Crippen LogP contribution >= 0.6 is 0 Å². The number of fused-ring (bicyclic) bond motifs is 1. The number of anilines is 1. The summed E-state index contributed by atoms with van der Waals surface area (Å²) in [6.07, 6.45) is 1.49. The number of nitrogens with zero attached hydrogens (tertiary/aromatic N) is 4. The van der Waals surface area contributed by atoms with Gasteiger partial charge in [-0.05, 0) is 6.92 Å². The molecule has 1 saturated heterocycles. The molecule has 2 aromatic rings. The van der Waals surface area contributed by atoms with Crippen LogP contribution in [0.4, 0.5) is 5.82 Å². The van der Waals surface area contributed by atoms with Gasteiger partial charge in [-0.3, -0.25) is 9.55 Å².